The van der Waals surface area contributed by atoms with Crippen molar-refractivity contribution in [2.45, 2.75) is 0 Å². The van der Waals surface area contributed by atoms with Gasteiger partial charge < -0.3 is 15.1 Å². The number of sulfonamides is 1. The van der Waals surface area contributed by atoms with Crippen LogP contribution in [0.5, 0.6) is 0 Å². The smallest absolute Gasteiger partial charge is 0.321 e. The first-order valence-corrected chi connectivity index (χ1v) is 10.9. The predicted octanol–water partition coefficient (Wildman–Crippen LogP) is 2.33. The number of carbonyl (C=O) groups is 2. The summed E-state index contributed by atoms with van der Waals surface area (Å²) in [6.45, 7) is 0.809. The summed E-state index contributed by atoms with van der Waals surface area (Å²) in [5.41, 5.74) is 0.502. The van der Waals surface area contributed by atoms with Gasteiger partial charge in [0.15, 0.2) is 0 Å². The standard InChI is InChI=1S/C19H20F2N4O4S/c1-30(28,29)23-15-5-3-14(4-6-15)22-19(27)25-10-8-24(9-11-25)18(26)16-12-13(20)2-7-17(16)21/h2-7,12,23H,8-11H2,1H3,(H,22,27). The molecule has 0 aromatic heterocycles. The Morgan fingerprint density at radius 1 is 0.900 bits per heavy atom. The lowest BCUT2D eigenvalue weighted by atomic mass is 10.1. The lowest BCUT2D eigenvalue weighted by molar-refractivity contribution is 0.0666. The van der Waals surface area contributed by atoms with Crippen LogP contribution in [-0.2, 0) is 10.0 Å². The summed E-state index contributed by atoms with van der Waals surface area (Å²) in [5, 5.41) is 2.69. The van der Waals surface area contributed by atoms with E-state index in [9.17, 15) is 26.8 Å². The van der Waals surface area contributed by atoms with Gasteiger partial charge in [0.25, 0.3) is 5.91 Å². The lowest BCUT2D eigenvalue weighted by Gasteiger charge is -2.34. The van der Waals surface area contributed by atoms with Crippen molar-refractivity contribution >= 4 is 33.3 Å². The minimum absolute atomic E-state index is 0.180. The second-order valence-electron chi connectivity index (χ2n) is 6.79. The zero-order valence-electron chi connectivity index (χ0n) is 16.1. The number of benzene rings is 2. The molecular formula is C19H20F2N4O4S. The molecule has 2 aromatic rings. The number of urea groups is 1. The third kappa shape index (κ3) is 5.44. The van der Waals surface area contributed by atoms with Crippen molar-refractivity contribution in [2.24, 2.45) is 0 Å². The highest BCUT2D eigenvalue weighted by Crippen LogP contribution is 2.17. The molecule has 1 heterocycles. The zero-order valence-corrected chi connectivity index (χ0v) is 16.9. The number of hydrogen-bond donors (Lipinski definition) is 2. The molecule has 2 aromatic carbocycles. The van der Waals surface area contributed by atoms with Crippen LogP contribution in [-0.4, -0.2) is 62.6 Å². The summed E-state index contributed by atoms with van der Waals surface area (Å²) in [7, 11) is -3.39. The van der Waals surface area contributed by atoms with Gasteiger partial charge in [-0.1, -0.05) is 0 Å². The highest BCUT2D eigenvalue weighted by molar-refractivity contribution is 7.92. The number of anilines is 2. The molecular weight excluding hydrogens is 418 g/mol. The van der Waals surface area contributed by atoms with Crippen molar-refractivity contribution < 1.29 is 26.8 Å². The molecule has 1 aliphatic heterocycles. The Kier molecular flexibility index (Phi) is 6.20. The van der Waals surface area contributed by atoms with Crippen LogP contribution in [0.2, 0.25) is 0 Å². The fourth-order valence-electron chi connectivity index (χ4n) is 2.98. The molecule has 30 heavy (non-hydrogen) atoms. The SMILES string of the molecule is CS(=O)(=O)Nc1ccc(NC(=O)N2CCN(C(=O)c3cc(F)ccc3F)CC2)cc1. The fraction of sp³-hybridized carbons (Fsp3) is 0.263. The molecule has 0 saturated carbocycles. The predicted molar refractivity (Wildman–Crippen MR) is 108 cm³/mol. The maximum absolute atomic E-state index is 13.8. The summed E-state index contributed by atoms with van der Waals surface area (Å²) in [4.78, 5) is 27.7. The number of rotatable bonds is 4. The van der Waals surface area contributed by atoms with Gasteiger partial charge in [0.05, 0.1) is 11.8 Å². The lowest BCUT2D eigenvalue weighted by Crippen LogP contribution is -2.51. The first-order chi connectivity index (χ1) is 14.1. The van der Waals surface area contributed by atoms with E-state index in [4.69, 9.17) is 0 Å². The molecule has 1 aliphatic rings. The van der Waals surface area contributed by atoms with Gasteiger partial charge in [0.1, 0.15) is 11.6 Å². The van der Waals surface area contributed by atoms with Crippen molar-refractivity contribution in [1.82, 2.24) is 9.80 Å². The van der Waals surface area contributed by atoms with Crippen molar-refractivity contribution in [2.75, 3.05) is 42.5 Å². The van der Waals surface area contributed by atoms with E-state index in [1.54, 1.807) is 12.1 Å². The number of carbonyl (C=O) groups excluding carboxylic acids is 2. The van der Waals surface area contributed by atoms with E-state index in [2.05, 4.69) is 10.0 Å². The number of hydrogen-bond acceptors (Lipinski definition) is 4. The molecule has 0 spiro atoms. The molecule has 160 valence electrons. The van der Waals surface area contributed by atoms with Gasteiger partial charge in [0.2, 0.25) is 10.0 Å². The number of nitrogens with zero attached hydrogens (tertiary/aromatic N) is 2. The Hall–Kier alpha value is -3.21. The molecule has 0 aliphatic carbocycles. The summed E-state index contributed by atoms with van der Waals surface area (Å²) < 4.78 is 51.9. The molecule has 11 heteroatoms. The molecule has 1 saturated heterocycles. The molecule has 8 nitrogen and oxygen atoms in total. The summed E-state index contributed by atoms with van der Waals surface area (Å²) in [5.74, 6) is -2.12. The first-order valence-electron chi connectivity index (χ1n) is 9.00. The van der Waals surface area contributed by atoms with Crippen LogP contribution in [0.4, 0.5) is 25.0 Å². The third-order valence-corrected chi connectivity index (χ3v) is 5.06. The average molecular weight is 438 g/mol. The average Bonchev–Trinajstić information content (AvgIpc) is 2.70. The second kappa shape index (κ2) is 8.66. The van der Waals surface area contributed by atoms with Crippen molar-refractivity contribution in [1.29, 1.82) is 0 Å². The van der Waals surface area contributed by atoms with Crippen LogP contribution in [0.25, 0.3) is 0 Å². The molecule has 0 bridgehead atoms. The quantitative estimate of drug-likeness (QED) is 0.766. The van der Waals surface area contributed by atoms with Crippen LogP contribution in [0.1, 0.15) is 10.4 Å². The molecule has 2 N–H and O–H groups in total. The molecule has 3 rings (SSSR count). The summed E-state index contributed by atoms with van der Waals surface area (Å²) in [6.07, 6.45) is 1.04. The largest absolute Gasteiger partial charge is 0.335 e. The minimum atomic E-state index is -3.39. The van der Waals surface area contributed by atoms with Gasteiger partial charge in [-0.15, -0.1) is 0 Å². The zero-order chi connectivity index (χ0) is 21.9. The Morgan fingerprint density at radius 2 is 1.47 bits per heavy atom. The van der Waals surface area contributed by atoms with Crippen LogP contribution in [0.3, 0.4) is 0 Å². The normalized spacial score (nSPS) is 14.4. The van der Waals surface area contributed by atoms with E-state index in [1.165, 1.54) is 21.9 Å². The van der Waals surface area contributed by atoms with Crippen LogP contribution < -0.4 is 10.0 Å². The van der Waals surface area contributed by atoms with Gasteiger partial charge in [-0.3, -0.25) is 9.52 Å². The Balaban J connectivity index is 1.55. The fourth-order valence-corrected chi connectivity index (χ4v) is 3.55. The summed E-state index contributed by atoms with van der Waals surface area (Å²) in [6, 6.07) is 8.46. The van der Waals surface area contributed by atoms with Crippen molar-refractivity contribution in [3.8, 4) is 0 Å². The van der Waals surface area contributed by atoms with Crippen LogP contribution in [0.15, 0.2) is 42.5 Å². The van der Waals surface area contributed by atoms with Crippen molar-refractivity contribution in [3.05, 3.63) is 59.7 Å². The number of piperazine rings is 1. The molecule has 1 fully saturated rings. The monoisotopic (exact) mass is 438 g/mol. The molecule has 0 unspecified atom stereocenters. The van der Waals surface area contributed by atoms with E-state index >= 15 is 0 Å². The topological polar surface area (TPSA) is 98.8 Å². The second-order valence-corrected chi connectivity index (χ2v) is 8.53. The van der Waals surface area contributed by atoms with E-state index in [-0.39, 0.29) is 37.8 Å². The maximum atomic E-state index is 13.8. The highest BCUT2D eigenvalue weighted by atomic mass is 32.2. The van der Waals surface area contributed by atoms with E-state index in [0.717, 1.165) is 24.5 Å². The summed E-state index contributed by atoms with van der Waals surface area (Å²) >= 11 is 0. The van der Waals surface area contributed by atoms with Crippen LogP contribution in [0, 0.1) is 11.6 Å². The Morgan fingerprint density at radius 3 is 2.07 bits per heavy atom. The number of amides is 3. The van der Waals surface area contributed by atoms with Crippen molar-refractivity contribution in [3.63, 3.8) is 0 Å². The Bertz CT molecular complexity index is 1050. The minimum Gasteiger partial charge on any atom is -0.335 e. The molecule has 3 amide bonds. The van der Waals surface area contributed by atoms with Gasteiger partial charge >= 0.3 is 6.03 Å². The van der Waals surface area contributed by atoms with E-state index < -0.39 is 27.6 Å². The highest BCUT2D eigenvalue weighted by Gasteiger charge is 2.26. The van der Waals surface area contributed by atoms with Gasteiger partial charge in [0, 0.05) is 37.6 Å². The maximum Gasteiger partial charge on any atom is 0.321 e. The van der Waals surface area contributed by atoms with Gasteiger partial charge in [-0.2, -0.15) is 0 Å². The number of nitrogens with one attached hydrogen (secondary N) is 2. The van der Waals surface area contributed by atoms with E-state index in [0.29, 0.717) is 11.4 Å². The first kappa shape index (κ1) is 21.5. The van der Waals surface area contributed by atoms with Gasteiger partial charge in [-0.25, -0.2) is 22.0 Å². The van der Waals surface area contributed by atoms with E-state index in [1.807, 2.05) is 0 Å². The van der Waals surface area contributed by atoms with Crippen LogP contribution >= 0.6 is 0 Å². The van der Waals surface area contributed by atoms with Gasteiger partial charge in [-0.05, 0) is 42.5 Å². The third-order valence-electron chi connectivity index (χ3n) is 4.45. The number of halogens is 2. The molecule has 0 atom stereocenters. The Labute approximate surface area is 172 Å². The molecule has 0 radical (unpaired) electrons.